The maximum absolute atomic E-state index is 12.9. The number of hydrogen-bond acceptors (Lipinski definition) is 5. The Morgan fingerprint density at radius 1 is 1.30 bits per heavy atom. The van der Waals surface area contributed by atoms with Crippen LogP contribution in [0.5, 0.6) is 0 Å². The Balaban J connectivity index is 1.78. The lowest BCUT2D eigenvalue weighted by molar-refractivity contribution is -0.137. The number of carbonyl (C=O) groups is 4. The normalized spacial score (nSPS) is 22.8. The lowest BCUT2D eigenvalue weighted by Gasteiger charge is -2.40. The topological polar surface area (TPSA) is 112 Å². The standard InChI is InChI=1S/C18H23N5O4/c1-12(24)22-8-9-23(18(27)13-4-2-6-19-10-13)15(11-22)17(26)21-14-5-3-7-20-16(14)25/h2,4,6,10,14-15H,3,5,7-9,11H2,1H3,(H,20,25)(H,21,26)/t14-,15-/m1/s1. The van der Waals surface area contributed by atoms with Crippen molar-refractivity contribution in [2.45, 2.75) is 31.8 Å². The molecule has 3 heterocycles. The summed E-state index contributed by atoms with van der Waals surface area (Å²) in [5, 5.41) is 5.46. The third-order valence-electron chi connectivity index (χ3n) is 4.90. The average Bonchev–Trinajstić information content (AvgIpc) is 2.69. The van der Waals surface area contributed by atoms with Crippen molar-refractivity contribution in [3.8, 4) is 0 Å². The van der Waals surface area contributed by atoms with Crippen LogP contribution in [-0.4, -0.2) is 76.7 Å². The van der Waals surface area contributed by atoms with Gasteiger partial charge in [0.15, 0.2) is 0 Å². The lowest BCUT2D eigenvalue weighted by atomic mass is 10.0. The van der Waals surface area contributed by atoms with Gasteiger partial charge in [-0.25, -0.2) is 0 Å². The summed E-state index contributed by atoms with van der Waals surface area (Å²) in [6.07, 6.45) is 4.34. The second kappa shape index (κ2) is 8.15. The number of nitrogens with one attached hydrogen (secondary N) is 2. The first-order valence-corrected chi connectivity index (χ1v) is 9.02. The van der Waals surface area contributed by atoms with E-state index in [-0.39, 0.29) is 30.8 Å². The minimum absolute atomic E-state index is 0.0987. The third-order valence-corrected chi connectivity index (χ3v) is 4.90. The molecule has 9 heteroatoms. The molecule has 2 aliphatic rings. The Kier molecular flexibility index (Phi) is 5.68. The molecule has 0 bridgehead atoms. The van der Waals surface area contributed by atoms with E-state index in [4.69, 9.17) is 0 Å². The van der Waals surface area contributed by atoms with Crippen LogP contribution in [0.15, 0.2) is 24.5 Å². The van der Waals surface area contributed by atoms with Crippen LogP contribution in [0.25, 0.3) is 0 Å². The number of pyridine rings is 1. The number of rotatable bonds is 3. The molecule has 2 fully saturated rings. The monoisotopic (exact) mass is 373 g/mol. The Hall–Kier alpha value is -2.97. The van der Waals surface area contributed by atoms with Gasteiger partial charge in [0.25, 0.3) is 5.91 Å². The smallest absolute Gasteiger partial charge is 0.256 e. The second-order valence-corrected chi connectivity index (χ2v) is 6.72. The molecule has 2 N–H and O–H groups in total. The van der Waals surface area contributed by atoms with Gasteiger partial charge in [0.05, 0.1) is 12.1 Å². The highest BCUT2D eigenvalue weighted by atomic mass is 16.2. The van der Waals surface area contributed by atoms with Gasteiger partial charge in [0.1, 0.15) is 12.1 Å². The van der Waals surface area contributed by atoms with E-state index in [2.05, 4.69) is 15.6 Å². The fraction of sp³-hybridized carbons (Fsp3) is 0.500. The Morgan fingerprint density at radius 3 is 2.78 bits per heavy atom. The third kappa shape index (κ3) is 4.24. The highest BCUT2D eigenvalue weighted by Crippen LogP contribution is 2.15. The maximum Gasteiger partial charge on any atom is 0.256 e. The van der Waals surface area contributed by atoms with E-state index in [0.29, 0.717) is 25.1 Å². The molecule has 2 aliphatic heterocycles. The zero-order valence-electron chi connectivity index (χ0n) is 15.2. The Bertz CT molecular complexity index is 739. The molecular formula is C18H23N5O4. The van der Waals surface area contributed by atoms with Gasteiger partial charge >= 0.3 is 0 Å². The summed E-state index contributed by atoms with van der Waals surface area (Å²) >= 11 is 0. The van der Waals surface area contributed by atoms with E-state index in [1.807, 2.05) is 0 Å². The molecule has 0 aliphatic carbocycles. The molecule has 1 aromatic heterocycles. The highest BCUT2D eigenvalue weighted by molar-refractivity contribution is 5.98. The van der Waals surface area contributed by atoms with Gasteiger partial charge in [-0.3, -0.25) is 24.2 Å². The largest absolute Gasteiger partial charge is 0.354 e. The SMILES string of the molecule is CC(=O)N1CCN(C(=O)c2cccnc2)[C@@H](C(=O)N[C@@H]2CCCNC2=O)C1. The zero-order valence-corrected chi connectivity index (χ0v) is 15.2. The number of amides is 4. The number of piperazine rings is 1. The van der Waals surface area contributed by atoms with E-state index in [1.165, 1.54) is 22.9 Å². The van der Waals surface area contributed by atoms with Crippen LogP contribution >= 0.6 is 0 Å². The van der Waals surface area contributed by atoms with Crippen molar-refractivity contribution in [3.05, 3.63) is 30.1 Å². The molecule has 4 amide bonds. The van der Waals surface area contributed by atoms with Crippen LogP contribution in [0.3, 0.4) is 0 Å². The Labute approximate surface area is 157 Å². The molecule has 27 heavy (non-hydrogen) atoms. The van der Waals surface area contributed by atoms with Gasteiger partial charge in [-0.15, -0.1) is 0 Å². The molecular weight excluding hydrogens is 350 g/mol. The van der Waals surface area contributed by atoms with Crippen molar-refractivity contribution < 1.29 is 19.2 Å². The number of hydrogen-bond donors (Lipinski definition) is 2. The average molecular weight is 373 g/mol. The molecule has 144 valence electrons. The molecule has 3 rings (SSSR count). The summed E-state index contributed by atoms with van der Waals surface area (Å²) in [5.41, 5.74) is 0.377. The van der Waals surface area contributed by atoms with Crippen molar-refractivity contribution in [1.29, 1.82) is 0 Å². The number of nitrogens with zero attached hydrogens (tertiary/aromatic N) is 3. The van der Waals surface area contributed by atoms with Crippen LogP contribution in [0, 0.1) is 0 Å². The molecule has 9 nitrogen and oxygen atoms in total. The minimum atomic E-state index is -0.856. The summed E-state index contributed by atoms with van der Waals surface area (Å²) in [4.78, 5) is 56.4. The molecule has 0 spiro atoms. The number of carbonyl (C=O) groups excluding carboxylic acids is 4. The number of piperidine rings is 1. The van der Waals surface area contributed by atoms with E-state index in [9.17, 15) is 19.2 Å². The van der Waals surface area contributed by atoms with Gasteiger partial charge in [-0.2, -0.15) is 0 Å². The van der Waals surface area contributed by atoms with Gasteiger partial charge in [0.2, 0.25) is 17.7 Å². The summed E-state index contributed by atoms with van der Waals surface area (Å²) in [7, 11) is 0. The molecule has 0 aromatic carbocycles. The van der Waals surface area contributed by atoms with E-state index in [1.54, 1.807) is 18.3 Å². The van der Waals surface area contributed by atoms with Gasteiger partial charge in [0, 0.05) is 39.0 Å². The van der Waals surface area contributed by atoms with E-state index >= 15 is 0 Å². The van der Waals surface area contributed by atoms with Gasteiger partial charge in [-0.05, 0) is 25.0 Å². The molecule has 2 saturated heterocycles. The van der Waals surface area contributed by atoms with Crippen molar-refractivity contribution >= 4 is 23.6 Å². The fourth-order valence-electron chi connectivity index (χ4n) is 3.37. The van der Waals surface area contributed by atoms with Gasteiger partial charge < -0.3 is 20.4 Å². The maximum atomic E-state index is 12.9. The fourth-order valence-corrected chi connectivity index (χ4v) is 3.37. The lowest BCUT2D eigenvalue weighted by Crippen LogP contribution is -2.63. The Morgan fingerprint density at radius 2 is 2.11 bits per heavy atom. The quantitative estimate of drug-likeness (QED) is 0.717. The first-order valence-electron chi connectivity index (χ1n) is 9.02. The van der Waals surface area contributed by atoms with Crippen LogP contribution in [0.4, 0.5) is 0 Å². The number of aromatic nitrogens is 1. The van der Waals surface area contributed by atoms with Crippen molar-refractivity contribution in [3.63, 3.8) is 0 Å². The minimum Gasteiger partial charge on any atom is -0.354 e. The summed E-state index contributed by atoms with van der Waals surface area (Å²) in [6, 6.07) is 1.82. The van der Waals surface area contributed by atoms with Crippen LogP contribution in [0.2, 0.25) is 0 Å². The molecule has 2 atom stereocenters. The van der Waals surface area contributed by atoms with E-state index in [0.717, 1.165) is 6.42 Å². The molecule has 0 saturated carbocycles. The summed E-state index contributed by atoms with van der Waals surface area (Å²) in [5.74, 6) is -1.13. The predicted molar refractivity (Wildman–Crippen MR) is 95.5 cm³/mol. The van der Waals surface area contributed by atoms with Crippen LogP contribution < -0.4 is 10.6 Å². The highest BCUT2D eigenvalue weighted by Gasteiger charge is 2.38. The van der Waals surface area contributed by atoms with Gasteiger partial charge in [-0.1, -0.05) is 0 Å². The summed E-state index contributed by atoms with van der Waals surface area (Å²) < 4.78 is 0. The molecule has 0 radical (unpaired) electrons. The van der Waals surface area contributed by atoms with Crippen molar-refractivity contribution in [2.24, 2.45) is 0 Å². The zero-order chi connectivity index (χ0) is 19.4. The second-order valence-electron chi connectivity index (χ2n) is 6.72. The van der Waals surface area contributed by atoms with Crippen molar-refractivity contribution in [2.75, 3.05) is 26.2 Å². The van der Waals surface area contributed by atoms with E-state index < -0.39 is 18.0 Å². The first-order chi connectivity index (χ1) is 13.0. The first kappa shape index (κ1) is 18.8. The van der Waals surface area contributed by atoms with Crippen LogP contribution in [-0.2, 0) is 14.4 Å². The molecule has 0 unspecified atom stereocenters. The predicted octanol–water partition coefficient (Wildman–Crippen LogP) is -0.851. The van der Waals surface area contributed by atoms with Crippen LogP contribution in [0.1, 0.15) is 30.1 Å². The summed E-state index contributed by atoms with van der Waals surface area (Å²) in [6.45, 7) is 2.72. The molecule has 1 aromatic rings. The van der Waals surface area contributed by atoms with Crippen molar-refractivity contribution in [1.82, 2.24) is 25.4 Å².